The van der Waals surface area contributed by atoms with E-state index in [1.807, 2.05) is 0 Å². The van der Waals surface area contributed by atoms with Gasteiger partial charge in [0.05, 0.1) is 0 Å². The van der Waals surface area contributed by atoms with Crippen LogP contribution in [-0.2, 0) is 70.2 Å². The van der Waals surface area contributed by atoms with Crippen LogP contribution in [0.15, 0.2) is 24.4 Å². The van der Waals surface area contributed by atoms with Gasteiger partial charge in [-0.15, -0.1) is 12.1 Å². The summed E-state index contributed by atoms with van der Waals surface area (Å²) in [5.41, 5.74) is 5.99. The van der Waals surface area contributed by atoms with Crippen LogP contribution in [-0.4, -0.2) is 15.9 Å². The number of nitrogens with zero attached hydrogens (tertiary/aromatic N) is 1. The minimum atomic E-state index is -0.220. The summed E-state index contributed by atoms with van der Waals surface area (Å²) in [5, 5.41) is 7.81. The first kappa shape index (κ1) is 29.9. The maximum atomic E-state index is 10.1. The van der Waals surface area contributed by atoms with E-state index in [1.54, 1.807) is 24.6 Å². The molecule has 0 aromatic carbocycles. The number of aliphatic hydroxyl groups excluding tert-OH is 1. The number of pyridine rings is 1. The molecule has 0 fully saturated rings. The molecular formula is C10H11N2O2Rf2Y2-3. The Labute approximate surface area is 146 Å². The number of nitrogen functional groups attached to an aromatic ring is 1. The molecule has 8 heteroatoms. The Balaban J connectivity index is -0.0000000512. The van der Waals surface area contributed by atoms with Gasteiger partial charge < -0.3 is 27.5 Å². The summed E-state index contributed by atoms with van der Waals surface area (Å²) in [7, 11) is 0. The fraction of sp³-hybridized carbons (Fsp3) is 0.100. The summed E-state index contributed by atoms with van der Waals surface area (Å²) in [4.78, 5) is 13.7. The zero-order chi connectivity index (χ0) is 10.8. The predicted molar refractivity (Wildman–Crippen MR) is 52.9 cm³/mol. The number of hydrogen-bond acceptors (Lipinski definition) is 4. The maximum Gasteiger partial charge on any atom is 0 e. The molecule has 86 valence electrons. The quantitative estimate of drug-likeness (QED) is 0.266. The second kappa shape index (κ2) is 20.7. The molecule has 18 heavy (non-hydrogen) atoms. The number of ketones is 1. The largest absolute Gasteiger partial charge is 0.607 e. The van der Waals surface area contributed by atoms with Crippen LogP contribution in [0.3, 0.4) is 0 Å². The molecule has 0 atom stereocenters. The molecule has 1 aromatic rings. The number of carbonyl (C=O) groups excluding carboxylic acids is 1. The van der Waals surface area contributed by atoms with Crippen molar-refractivity contribution in [1.82, 2.24) is 4.98 Å². The zero-order valence-electron chi connectivity index (χ0n) is 10.2. The van der Waals surface area contributed by atoms with Crippen molar-refractivity contribution in [3.8, 4) is 0 Å². The van der Waals surface area contributed by atoms with Crippen molar-refractivity contribution in [3.05, 3.63) is 43.8 Å². The number of anilines is 1. The summed E-state index contributed by atoms with van der Waals surface area (Å²) in [6.07, 6.45) is 6.92. The zero-order valence-corrected chi connectivity index (χ0v) is 28.6. The minimum Gasteiger partial charge on any atom is -0.607 e. The van der Waals surface area contributed by atoms with Crippen LogP contribution in [0.1, 0.15) is 6.42 Å². The Hall–Kier alpha value is -1.63. The van der Waals surface area contributed by atoms with E-state index in [0.29, 0.717) is 5.69 Å². The Morgan fingerprint density at radius 2 is 2.11 bits per heavy atom. The van der Waals surface area contributed by atoms with Crippen LogP contribution in [0.4, 0.5) is 5.69 Å². The molecule has 0 unspecified atom stereocenters. The Bertz CT molecular complexity index is 301. The van der Waals surface area contributed by atoms with Gasteiger partial charge in [0.2, 0.25) is 0 Å². The molecule has 0 bridgehead atoms. The molecule has 1 heterocycles. The Morgan fingerprint density at radius 1 is 1.56 bits per heavy atom. The molecule has 0 amide bonds. The SMILES string of the molecule is Nc1c[c-]ncc1.[CH2-]CC(=O)C=[C-]O.[Rf].[Rf].[Y].[Y]. The van der Waals surface area contributed by atoms with E-state index in [0.717, 1.165) is 6.08 Å². The van der Waals surface area contributed by atoms with Crippen molar-refractivity contribution in [1.29, 1.82) is 0 Å². The first-order valence-corrected chi connectivity index (χ1v) is 3.83. The molecule has 4 nitrogen and oxygen atoms in total. The minimum absolute atomic E-state index is 0. The maximum absolute atomic E-state index is 10.1. The second-order valence-corrected chi connectivity index (χ2v) is 2.21. The van der Waals surface area contributed by atoms with E-state index in [2.05, 4.69) is 18.1 Å². The molecule has 0 spiro atoms. The molecule has 1 aromatic heterocycles. The van der Waals surface area contributed by atoms with E-state index >= 15 is 0 Å². The van der Waals surface area contributed by atoms with Crippen LogP contribution >= 0.6 is 0 Å². The third-order valence-electron chi connectivity index (χ3n) is 1.12. The van der Waals surface area contributed by atoms with Crippen LogP contribution in [0.2, 0.25) is 0 Å². The van der Waals surface area contributed by atoms with Crippen molar-refractivity contribution < 1.29 is 75.3 Å². The van der Waals surface area contributed by atoms with Gasteiger partial charge in [0.1, 0.15) is 0 Å². The smallest absolute Gasteiger partial charge is 0 e. The van der Waals surface area contributed by atoms with E-state index < -0.39 is 0 Å². The van der Waals surface area contributed by atoms with Crippen molar-refractivity contribution in [3.63, 3.8) is 0 Å². The van der Waals surface area contributed by atoms with Crippen LogP contribution in [0, 0.1) is 19.4 Å². The third kappa shape index (κ3) is 19.9. The summed E-state index contributed by atoms with van der Waals surface area (Å²) in [6, 6.07) is 3.34. The van der Waals surface area contributed by atoms with E-state index in [-0.39, 0.29) is 77.6 Å². The molecule has 0 aliphatic carbocycles. The van der Waals surface area contributed by atoms with Gasteiger partial charge in [-0.2, -0.15) is 12.5 Å². The van der Waals surface area contributed by atoms with Crippen molar-refractivity contribution in [2.45, 2.75) is 6.42 Å². The first-order chi connectivity index (χ1) is 6.70. The van der Waals surface area contributed by atoms with E-state index in [9.17, 15) is 4.79 Å². The normalized spacial score (nSPS) is 7.17. The Morgan fingerprint density at radius 3 is 2.28 bits per heavy atom. The fourth-order valence-electron chi connectivity index (χ4n) is 0.470. The number of aliphatic hydroxyl groups is 1. The summed E-state index contributed by atoms with van der Waals surface area (Å²) >= 11 is 0. The second-order valence-electron chi connectivity index (χ2n) is 2.21. The standard InChI is InChI=1S/C5H5N2.C5H6O2.2Rf.2Y/c6-5-1-3-7-4-2-5;1-2-5(7)3-4-6;;;;/h1-3H,(H2,6,7);3,6H,1-2H2;;;;/q-1;-2;;;;. The summed E-state index contributed by atoms with van der Waals surface area (Å²) in [6.45, 7) is 3.27. The van der Waals surface area contributed by atoms with Gasteiger partial charge in [0.25, 0.3) is 0 Å². The summed E-state index contributed by atoms with van der Waals surface area (Å²) < 4.78 is 0. The predicted octanol–water partition coefficient (Wildman–Crippen LogP) is 1.11. The molecule has 0 aliphatic heterocycles. The van der Waals surface area contributed by atoms with Gasteiger partial charge >= 0.3 is 0 Å². The molecule has 3 N–H and O–H groups in total. The van der Waals surface area contributed by atoms with Crippen molar-refractivity contribution >= 4 is 11.5 Å². The van der Waals surface area contributed by atoms with Gasteiger partial charge in [-0.1, -0.05) is 24.3 Å². The molecule has 0 saturated heterocycles. The number of carbonyl (C=O) groups is 1. The third-order valence-corrected chi connectivity index (χ3v) is 1.12. The molecule has 1 rings (SSSR count). The first-order valence-electron chi connectivity index (χ1n) is 3.83. The molecule has 2 radical (unpaired) electrons. The van der Waals surface area contributed by atoms with Gasteiger partial charge in [-0.05, 0) is 5.78 Å². The number of aromatic nitrogens is 1. The average Bonchev–Trinajstić information content (AvgIpc) is 2.20. The van der Waals surface area contributed by atoms with Gasteiger partial charge in [-0.25, -0.2) is 0 Å². The number of hydrogen-bond donors (Lipinski definition) is 2. The molecular weight excluding hydrogens is 892 g/mol. The van der Waals surface area contributed by atoms with Gasteiger partial charge in [0.15, 0.2) is 0 Å². The van der Waals surface area contributed by atoms with Crippen LogP contribution in [0.25, 0.3) is 0 Å². The monoisotopic (exact) mass is 903 g/mol. The van der Waals surface area contributed by atoms with E-state index in [4.69, 9.17) is 10.8 Å². The van der Waals surface area contributed by atoms with Crippen molar-refractivity contribution in [2.24, 2.45) is 0 Å². The molecule has 0 aliphatic rings. The fourth-order valence-corrected chi connectivity index (χ4v) is 0.470. The summed E-state index contributed by atoms with van der Waals surface area (Å²) in [5.74, 6) is -0.220. The van der Waals surface area contributed by atoms with Crippen molar-refractivity contribution in [2.75, 3.05) is 5.73 Å². The number of allylic oxidation sites excluding steroid dienone is 1. The van der Waals surface area contributed by atoms with Gasteiger partial charge in [-0.3, -0.25) is 0 Å². The van der Waals surface area contributed by atoms with E-state index in [1.165, 1.54) is 0 Å². The van der Waals surface area contributed by atoms with Crippen LogP contribution < -0.4 is 5.73 Å². The number of nitrogens with two attached hydrogens (primary N) is 1. The van der Waals surface area contributed by atoms with Gasteiger partial charge in [0, 0.05) is 65.4 Å². The number of rotatable bonds is 2. The molecule has 0 saturated carbocycles. The Kier molecular flexibility index (Phi) is 34.5. The topological polar surface area (TPSA) is 76.2 Å². The van der Waals surface area contributed by atoms with Crippen LogP contribution in [0.5, 0.6) is 0 Å². The average molecular weight is 903 g/mol.